The Labute approximate surface area is 75.8 Å². The fraction of sp³-hybridized carbons (Fsp3) is 0.222. The lowest BCUT2D eigenvalue weighted by molar-refractivity contribution is -0.132. The molecule has 68 valence electrons. The molecule has 0 radical (unpaired) electrons. The second kappa shape index (κ2) is 2.74. The first-order chi connectivity index (χ1) is 6.20. The van der Waals surface area contributed by atoms with E-state index >= 15 is 0 Å². The Bertz CT molecular complexity index is 342. The van der Waals surface area contributed by atoms with Crippen molar-refractivity contribution in [3.05, 3.63) is 35.7 Å². The number of hydrogen-bond donors (Lipinski definition) is 2. The predicted octanol–water partition coefficient (Wildman–Crippen LogP) is 0.617. The molecule has 0 spiro atoms. The van der Waals surface area contributed by atoms with Crippen molar-refractivity contribution in [3.8, 4) is 0 Å². The fourth-order valence-electron chi connectivity index (χ4n) is 1.56. The van der Waals surface area contributed by atoms with Crippen LogP contribution in [0.5, 0.6) is 0 Å². The van der Waals surface area contributed by atoms with E-state index in [1.165, 1.54) is 0 Å². The zero-order chi connectivity index (χ0) is 9.42. The molecule has 2 heterocycles. The molecular weight excluding hydrogens is 168 g/mol. The standard InChI is InChI=1S/C9H10N2O2/c1-6-8(9(12)13)7-4-2-3-5-11(7)10-6/h2-6,10H,1H3,(H,12,13)/t6-/m0/s1. The first-order valence-electron chi connectivity index (χ1n) is 4.08. The molecule has 0 aromatic heterocycles. The normalized spacial score (nSPS) is 25.3. The van der Waals surface area contributed by atoms with Crippen LogP contribution in [0.3, 0.4) is 0 Å². The van der Waals surface area contributed by atoms with Gasteiger partial charge < -0.3 is 5.11 Å². The van der Waals surface area contributed by atoms with Gasteiger partial charge in [-0.05, 0) is 19.1 Å². The summed E-state index contributed by atoms with van der Waals surface area (Å²) >= 11 is 0. The third kappa shape index (κ3) is 1.15. The monoisotopic (exact) mass is 178 g/mol. The van der Waals surface area contributed by atoms with E-state index in [1.807, 2.05) is 25.3 Å². The van der Waals surface area contributed by atoms with Gasteiger partial charge >= 0.3 is 5.97 Å². The maximum absolute atomic E-state index is 10.9. The topological polar surface area (TPSA) is 52.6 Å². The molecule has 4 nitrogen and oxygen atoms in total. The van der Waals surface area contributed by atoms with Gasteiger partial charge in [0.05, 0.1) is 17.3 Å². The summed E-state index contributed by atoms with van der Waals surface area (Å²) < 4.78 is 0. The van der Waals surface area contributed by atoms with Gasteiger partial charge in [-0.3, -0.25) is 5.01 Å². The molecular formula is C9H10N2O2. The SMILES string of the molecule is C[C@@H]1NN2C=CC=CC2=C1C(=O)O. The Morgan fingerprint density at radius 3 is 3.08 bits per heavy atom. The van der Waals surface area contributed by atoms with Crippen molar-refractivity contribution in [2.45, 2.75) is 13.0 Å². The van der Waals surface area contributed by atoms with Crippen molar-refractivity contribution in [3.63, 3.8) is 0 Å². The van der Waals surface area contributed by atoms with Crippen LogP contribution in [0.15, 0.2) is 35.7 Å². The first kappa shape index (κ1) is 8.07. The molecule has 2 rings (SSSR count). The minimum Gasteiger partial charge on any atom is -0.478 e. The number of fused-ring (bicyclic) bond motifs is 1. The van der Waals surface area contributed by atoms with Gasteiger partial charge in [-0.25, -0.2) is 10.2 Å². The predicted molar refractivity (Wildman–Crippen MR) is 47.4 cm³/mol. The molecule has 1 atom stereocenters. The first-order valence-corrected chi connectivity index (χ1v) is 4.08. The maximum Gasteiger partial charge on any atom is 0.335 e. The number of aliphatic carboxylic acids is 1. The van der Waals surface area contributed by atoms with Crippen molar-refractivity contribution in [2.24, 2.45) is 0 Å². The number of allylic oxidation sites excluding steroid dienone is 3. The molecule has 0 aromatic rings. The van der Waals surface area contributed by atoms with E-state index in [0.29, 0.717) is 5.57 Å². The van der Waals surface area contributed by atoms with Gasteiger partial charge in [0.15, 0.2) is 0 Å². The Balaban J connectivity index is 2.45. The second-order valence-corrected chi connectivity index (χ2v) is 3.03. The highest BCUT2D eigenvalue weighted by Gasteiger charge is 2.30. The van der Waals surface area contributed by atoms with E-state index in [1.54, 1.807) is 11.1 Å². The summed E-state index contributed by atoms with van der Waals surface area (Å²) in [5.41, 5.74) is 4.17. The molecule has 0 unspecified atom stereocenters. The number of carboxylic acid groups (broad SMARTS) is 1. The quantitative estimate of drug-likeness (QED) is 0.618. The number of carbonyl (C=O) groups is 1. The van der Waals surface area contributed by atoms with Gasteiger partial charge in [-0.1, -0.05) is 6.08 Å². The van der Waals surface area contributed by atoms with Crippen LogP contribution in [0.4, 0.5) is 0 Å². The van der Waals surface area contributed by atoms with Crippen LogP contribution in [0.1, 0.15) is 6.92 Å². The van der Waals surface area contributed by atoms with Crippen molar-refractivity contribution in [1.82, 2.24) is 10.4 Å². The molecule has 0 saturated carbocycles. The summed E-state index contributed by atoms with van der Waals surface area (Å²) in [5, 5.41) is 10.7. The van der Waals surface area contributed by atoms with Gasteiger partial charge in [0, 0.05) is 6.20 Å². The average molecular weight is 178 g/mol. The fourth-order valence-corrected chi connectivity index (χ4v) is 1.56. The van der Waals surface area contributed by atoms with Crippen LogP contribution < -0.4 is 5.43 Å². The van der Waals surface area contributed by atoms with Crippen LogP contribution in [-0.2, 0) is 4.79 Å². The van der Waals surface area contributed by atoms with Crippen LogP contribution in [0.2, 0.25) is 0 Å². The highest BCUT2D eigenvalue weighted by Crippen LogP contribution is 2.24. The average Bonchev–Trinajstić information content (AvgIpc) is 2.39. The van der Waals surface area contributed by atoms with E-state index in [4.69, 9.17) is 5.11 Å². The summed E-state index contributed by atoms with van der Waals surface area (Å²) in [6.45, 7) is 1.83. The van der Waals surface area contributed by atoms with Gasteiger partial charge in [-0.15, -0.1) is 0 Å². The Hall–Kier alpha value is -1.55. The third-order valence-corrected chi connectivity index (χ3v) is 2.13. The third-order valence-electron chi connectivity index (χ3n) is 2.13. The summed E-state index contributed by atoms with van der Waals surface area (Å²) in [7, 11) is 0. The van der Waals surface area contributed by atoms with Crippen molar-refractivity contribution < 1.29 is 9.90 Å². The van der Waals surface area contributed by atoms with E-state index in [9.17, 15) is 4.79 Å². The van der Waals surface area contributed by atoms with E-state index in [-0.39, 0.29) is 6.04 Å². The molecule has 2 aliphatic rings. The number of nitrogens with one attached hydrogen (secondary N) is 1. The molecule has 0 saturated heterocycles. The molecule has 2 aliphatic heterocycles. The molecule has 0 aliphatic carbocycles. The van der Waals surface area contributed by atoms with Gasteiger partial charge in [-0.2, -0.15) is 0 Å². The van der Waals surface area contributed by atoms with Crippen LogP contribution in [-0.4, -0.2) is 22.1 Å². The lowest BCUT2D eigenvalue weighted by atomic mass is 10.1. The number of rotatable bonds is 1. The highest BCUT2D eigenvalue weighted by molar-refractivity contribution is 5.90. The number of nitrogens with zero attached hydrogens (tertiary/aromatic N) is 1. The van der Waals surface area contributed by atoms with E-state index in [2.05, 4.69) is 5.43 Å². The minimum absolute atomic E-state index is 0.139. The Morgan fingerprint density at radius 1 is 1.62 bits per heavy atom. The Morgan fingerprint density at radius 2 is 2.38 bits per heavy atom. The van der Waals surface area contributed by atoms with Crippen LogP contribution in [0.25, 0.3) is 0 Å². The van der Waals surface area contributed by atoms with Crippen LogP contribution >= 0.6 is 0 Å². The second-order valence-electron chi connectivity index (χ2n) is 3.03. The molecule has 13 heavy (non-hydrogen) atoms. The van der Waals surface area contributed by atoms with Crippen LogP contribution in [0, 0.1) is 0 Å². The minimum atomic E-state index is -0.863. The summed E-state index contributed by atoms with van der Waals surface area (Å²) in [5.74, 6) is -0.863. The molecule has 0 aromatic carbocycles. The molecule has 0 bridgehead atoms. The smallest absolute Gasteiger partial charge is 0.335 e. The largest absolute Gasteiger partial charge is 0.478 e. The highest BCUT2D eigenvalue weighted by atomic mass is 16.4. The molecule has 0 amide bonds. The summed E-state index contributed by atoms with van der Waals surface area (Å²) in [6, 6.07) is -0.139. The zero-order valence-corrected chi connectivity index (χ0v) is 7.19. The molecule has 2 N–H and O–H groups in total. The lowest BCUT2D eigenvalue weighted by Gasteiger charge is -2.17. The van der Waals surface area contributed by atoms with E-state index in [0.717, 1.165) is 5.70 Å². The number of hydrazine groups is 1. The van der Waals surface area contributed by atoms with Gasteiger partial charge in [0.1, 0.15) is 0 Å². The Kier molecular flexibility index (Phi) is 1.70. The lowest BCUT2D eigenvalue weighted by Crippen LogP contribution is -2.32. The summed E-state index contributed by atoms with van der Waals surface area (Å²) in [4.78, 5) is 10.9. The van der Waals surface area contributed by atoms with Crippen molar-refractivity contribution in [1.29, 1.82) is 0 Å². The summed E-state index contributed by atoms with van der Waals surface area (Å²) in [6.07, 6.45) is 7.28. The van der Waals surface area contributed by atoms with Gasteiger partial charge in [0.25, 0.3) is 0 Å². The number of carboxylic acids is 1. The maximum atomic E-state index is 10.9. The van der Waals surface area contributed by atoms with Crippen molar-refractivity contribution >= 4 is 5.97 Å². The number of hydrogen-bond acceptors (Lipinski definition) is 3. The van der Waals surface area contributed by atoms with E-state index < -0.39 is 5.97 Å². The zero-order valence-electron chi connectivity index (χ0n) is 7.19. The molecule has 4 heteroatoms. The van der Waals surface area contributed by atoms with Gasteiger partial charge in [0.2, 0.25) is 0 Å². The van der Waals surface area contributed by atoms with Crippen molar-refractivity contribution in [2.75, 3.05) is 0 Å². The molecule has 0 fully saturated rings.